The van der Waals surface area contributed by atoms with Gasteiger partial charge >= 0.3 is 0 Å². The van der Waals surface area contributed by atoms with Crippen molar-refractivity contribution in [3.8, 4) is 0 Å². The van der Waals surface area contributed by atoms with Crippen LogP contribution in [-0.2, 0) is 0 Å². The van der Waals surface area contributed by atoms with Crippen molar-refractivity contribution in [2.75, 3.05) is 11.9 Å². The van der Waals surface area contributed by atoms with Gasteiger partial charge in [-0.05, 0) is 41.9 Å². The van der Waals surface area contributed by atoms with Gasteiger partial charge in [-0.15, -0.1) is 0 Å². The molecule has 0 unspecified atom stereocenters. The van der Waals surface area contributed by atoms with Crippen molar-refractivity contribution in [2.45, 2.75) is 20.0 Å². The molecular weight excluding hydrogens is 232 g/mol. The van der Waals surface area contributed by atoms with E-state index in [1.54, 1.807) is 6.92 Å². The molecular formula is C9H13BrN2O. The van der Waals surface area contributed by atoms with Gasteiger partial charge in [0.2, 0.25) is 0 Å². The second-order valence-electron chi connectivity index (χ2n) is 2.99. The maximum atomic E-state index is 9.04. The fourth-order valence-corrected chi connectivity index (χ4v) is 1.12. The van der Waals surface area contributed by atoms with E-state index in [1.165, 1.54) is 0 Å². The fourth-order valence-electron chi connectivity index (χ4n) is 0.895. The minimum absolute atomic E-state index is 0.356. The van der Waals surface area contributed by atoms with Crippen LogP contribution in [0.1, 0.15) is 12.6 Å². The fraction of sp³-hybridized carbons (Fsp3) is 0.444. The Balaban J connectivity index is 2.63. The van der Waals surface area contributed by atoms with Crippen molar-refractivity contribution in [3.05, 3.63) is 22.3 Å². The maximum Gasteiger partial charge on any atom is 0.126 e. The zero-order valence-electron chi connectivity index (χ0n) is 7.71. The van der Waals surface area contributed by atoms with Gasteiger partial charge in [-0.3, -0.25) is 0 Å². The molecule has 0 fully saturated rings. The number of pyridine rings is 1. The van der Waals surface area contributed by atoms with Gasteiger partial charge in [0.15, 0.2) is 0 Å². The lowest BCUT2D eigenvalue weighted by atomic mass is 10.3. The number of rotatable bonds is 3. The topological polar surface area (TPSA) is 45.2 Å². The standard InChI is InChI=1S/C9H13BrN2O/c1-6(13)5-11-9-4-3-8(10)7(2)12-9/h3-4,6,13H,5H2,1-2H3,(H,11,12)/t6-/m0/s1. The van der Waals surface area contributed by atoms with E-state index in [9.17, 15) is 0 Å². The number of anilines is 1. The molecule has 0 aliphatic heterocycles. The molecule has 4 heteroatoms. The number of aliphatic hydroxyl groups is 1. The van der Waals surface area contributed by atoms with Crippen LogP contribution in [0.3, 0.4) is 0 Å². The van der Waals surface area contributed by atoms with E-state index in [0.717, 1.165) is 16.0 Å². The first kappa shape index (κ1) is 10.5. The molecule has 1 atom stereocenters. The summed E-state index contributed by atoms with van der Waals surface area (Å²) in [6, 6.07) is 3.81. The molecule has 0 saturated carbocycles. The molecule has 1 aromatic heterocycles. The first-order chi connectivity index (χ1) is 6.09. The van der Waals surface area contributed by atoms with Gasteiger partial charge in [-0.25, -0.2) is 4.98 Å². The monoisotopic (exact) mass is 244 g/mol. The van der Waals surface area contributed by atoms with Gasteiger partial charge in [0.1, 0.15) is 5.82 Å². The van der Waals surface area contributed by atoms with E-state index in [-0.39, 0.29) is 6.10 Å². The van der Waals surface area contributed by atoms with Crippen molar-refractivity contribution in [3.63, 3.8) is 0 Å². The number of halogens is 1. The van der Waals surface area contributed by atoms with Gasteiger partial charge in [0.05, 0.1) is 11.8 Å². The molecule has 0 radical (unpaired) electrons. The lowest BCUT2D eigenvalue weighted by Crippen LogP contribution is -2.16. The largest absolute Gasteiger partial charge is 0.392 e. The van der Waals surface area contributed by atoms with Crippen LogP contribution in [0.5, 0.6) is 0 Å². The predicted molar refractivity (Wildman–Crippen MR) is 56.8 cm³/mol. The molecule has 0 aromatic carbocycles. The van der Waals surface area contributed by atoms with Crippen LogP contribution in [0, 0.1) is 6.92 Å². The Hall–Kier alpha value is -0.610. The normalized spacial score (nSPS) is 12.6. The summed E-state index contributed by atoms with van der Waals surface area (Å²) in [4.78, 5) is 4.28. The zero-order valence-corrected chi connectivity index (χ0v) is 9.30. The summed E-state index contributed by atoms with van der Waals surface area (Å²) in [6.45, 7) is 4.18. The zero-order chi connectivity index (χ0) is 9.84. The van der Waals surface area contributed by atoms with E-state index in [4.69, 9.17) is 5.11 Å². The Kier molecular flexibility index (Phi) is 3.69. The highest BCUT2D eigenvalue weighted by atomic mass is 79.9. The summed E-state index contributed by atoms with van der Waals surface area (Å²) < 4.78 is 0.995. The smallest absolute Gasteiger partial charge is 0.126 e. The number of aliphatic hydroxyl groups excluding tert-OH is 1. The second kappa shape index (κ2) is 4.58. The Morgan fingerprint density at radius 3 is 2.85 bits per heavy atom. The molecule has 72 valence electrons. The third-order valence-electron chi connectivity index (χ3n) is 1.60. The SMILES string of the molecule is Cc1nc(NC[C@H](C)O)ccc1Br. The van der Waals surface area contributed by atoms with Crippen LogP contribution in [0.4, 0.5) is 5.82 Å². The van der Waals surface area contributed by atoms with Gasteiger partial charge in [-0.1, -0.05) is 0 Å². The van der Waals surface area contributed by atoms with E-state index in [1.807, 2.05) is 19.1 Å². The summed E-state index contributed by atoms with van der Waals surface area (Å²) in [5.74, 6) is 0.793. The number of hydrogen-bond acceptors (Lipinski definition) is 3. The molecule has 1 rings (SSSR count). The number of hydrogen-bond donors (Lipinski definition) is 2. The first-order valence-electron chi connectivity index (χ1n) is 4.14. The van der Waals surface area contributed by atoms with E-state index >= 15 is 0 Å². The van der Waals surface area contributed by atoms with Crippen LogP contribution in [0.2, 0.25) is 0 Å². The molecule has 0 saturated heterocycles. The molecule has 0 aliphatic carbocycles. The maximum absolute atomic E-state index is 9.04. The van der Waals surface area contributed by atoms with Crippen molar-refractivity contribution in [2.24, 2.45) is 0 Å². The summed E-state index contributed by atoms with van der Waals surface area (Å²) in [6.07, 6.45) is -0.356. The Bertz CT molecular complexity index is 289. The van der Waals surface area contributed by atoms with Crippen molar-refractivity contribution in [1.82, 2.24) is 4.98 Å². The average molecular weight is 245 g/mol. The summed E-state index contributed by atoms with van der Waals surface area (Å²) in [7, 11) is 0. The van der Waals surface area contributed by atoms with Gasteiger partial charge in [0, 0.05) is 11.0 Å². The highest BCUT2D eigenvalue weighted by Gasteiger charge is 1.99. The predicted octanol–water partition coefficient (Wildman–Crippen LogP) is 1.95. The third kappa shape index (κ3) is 3.32. The van der Waals surface area contributed by atoms with Crippen LogP contribution in [-0.4, -0.2) is 22.7 Å². The number of aryl methyl sites for hydroxylation is 1. The van der Waals surface area contributed by atoms with Crippen LogP contribution in [0.15, 0.2) is 16.6 Å². The highest BCUT2D eigenvalue weighted by molar-refractivity contribution is 9.10. The lowest BCUT2D eigenvalue weighted by Gasteiger charge is -2.08. The van der Waals surface area contributed by atoms with Crippen LogP contribution >= 0.6 is 15.9 Å². The summed E-state index contributed by atoms with van der Waals surface area (Å²) in [5, 5.41) is 12.1. The molecule has 13 heavy (non-hydrogen) atoms. The van der Waals surface area contributed by atoms with E-state index in [2.05, 4.69) is 26.2 Å². The lowest BCUT2D eigenvalue weighted by molar-refractivity contribution is 0.208. The van der Waals surface area contributed by atoms with Crippen molar-refractivity contribution in [1.29, 1.82) is 0 Å². The molecule has 1 heterocycles. The number of nitrogens with one attached hydrogen (secondary N) is 1. The van der Waals surface area contributed by atoms with Gasteiger partial charge in [0.25, 0.3) is 0 Å². The highest BCUT2D eigenvalue weighted by Crippen LogP contribution is 2.15. The molecule has 0 spiro atoms. The van der Waals surface area contributed by atoms with Crippen LogP contribution < -0.4 is 5.32 Å². The third-order valence-corrected chi connectivity index (χ3v) is 2.44. The Morgan fingerprint density at radius 2 is 2.31 bits per heavy atom. The van der Waals surface area contributed by atoms with E-state index < -0.39 is 0 Å². The molecule has 0 amide bonds. The first-order valence-corrected chi connectivity index (χ1v) is 4.94. The summed E-state index contributed by atoms with van der Waals surface area (Å²) in [5.41, 5.74) is 0.940. The molecule has 0 aliphatic rings. The average Bonchev–Trinajstić information content (AvgIpc) is 2.07. The molecule has 3 nitrogen and oxygen atoms in total. The van der Waals surface area contributed by atoms with Crippen molar-refractivity contribution >= 4 is 21.7 Å². The Morgan fingerprint density at radius 1 is 1.62 bits per heavy atom. The minimum Gasteiger partial charge on any atom is -0.392 e. The molecule has 2 N–H and O–H groups in total. The Labute approximate surface area is 86.3 Å². The number of aromatic nitrogens is 1. The van der Waals surface area contributed by atoms with Crippen molar-refractivity contribution < 1.29 is 5.11 Å². The molecule has 0 bridgehead atoms. The van der Waals surface area contributed by atoms with E-state index in [0.29, 0.717) is 6.54 Å². The molecule has 1 aromatic rings. The second-order valence-corrected chi connectivity index (χ2v) is 3.85. The minimum atomic E-state index is -0.356. The van der Waals surface area contributed by atoms with Crippen LogP contribution in [0.25, 0.3) is 0 Å². The number of nitrogens with zero attached hydrogens (tertiary/aromatic N) is 1. The van der Waals surface area contributed by atoms with Gasteiger partial charge < -0.3 is 10.4 Å². The summed E-state index contributed by atoms with van der Waals surface area (Å²) >= 11 is 3.37. The quantitative estimate of drug-likeness (QED) is 0.855. The van der Waals surface area contributed by atoms with Gasteiger partial charge in [-0.2, -0.15) is 0 Å².